The van der Waals surface area contributed by atoms with Crippen LogP contribution in [0.1, 0.15) is 6.92 Å². The molecule has 0 fully saturated rings. The maximum atomic E-state index is 13.3. The molecule has 1 atom stereocenters. The zero-order valence-corrected chi connectivity index (χ0v) is 10.5. The van der Waals surface area contributed by atoms with Crippen LogP contribution in [0.2, 0.25) is 0 Å². The van der Waals surface area contributed by atoms with Crippen molar-refractivity contribution in [3.05, 3.63) is 48.7 Å². The number of nitrogen functional groups attached to an aromatic ring is 1. The number of halogens is 2. The van der Waals surface area contributed by atoms with Gasteiger partial charge in [-0.25, -0.2) is 13.8 Å². The van der Waals surface area contributed by atoms with Gasteiger partial charge in [-0.1, -0.05) is 25.7 Å². The molecule has 0 radical (unpaired) electrons. The second-order valence-electron chi connectivity index (χ2n) is 3.82. The molecule has 0 bridgehead atoms. The molecule has 0 saturated heterocycles. The highest BCUT2D eigenvalue weighted by Gasteiger charge is 2.06. The fraction of sp³-hybridized carbons (Fsp3) is 0.231. The molecule has 19 heavy (non-hydrogen) atoms. The number of nitrogens with two attached hydrogens (primary N) is 1. The quantitative estimate of drug-likeness (QED) is 0.805. The van der Waals surface area contributed by atoms with E-state index in [0.717, 1.165) is 6.20 Å². The number of anilines is 1. The largest absolute Gasteiger partial charge is 0.463 e. The van der Waals surface area contributed by atoms with Gasteiger partial charge in [0.2, 0.25) is 0 Å². The molecule has 0 aliphatic carbocycles. The predicted octanol–water partition coefficient (Wildman–Crippen LogP) is 2.81. The number of hydrogen-bond donors (Lipinski definition) is 1. The maximum Gasteiger partial charge on any atom is 0.318 e. The molecule has 0 saturated carbocycles. The lowest BCUT2D eigenvalue weighted by molar-refractivity contribution is 0.261. The molecule has 0 aliphatic heterocycles. The molecule has 1 aromatic heterocycles. The molecule has 0 spiro atoms. The van der Waals surface area contributed by atoms with Crippen LogP contribution in [0.3, 0.4) is 0 Å². The van der Waals surface area contributed by atoms with Crippen molar-refractivity contribution in [1.82, 2.24) is 9.97 Å². The molecule has 0 aromatic carbocycles. The Morgan fingerprint density at radius 3 is 3.00 bits per heavy atom. The normalized spacial score (nSPS) is 13.5. The molecule has 1 heterocycles. The number of ether oxygens (including phenoxy) is 1. The van der Waals surface area contributed by atoms with E-state index in [-0.39, 0.29) is 24.4 Å². The Labute approximate surface area is 110 Å². The highest BCUT2D eigenvalue weighted by atomic mass is 19.1. The highest BCUT2D eigenvalue weighted by Crippen LogP contribution is 2.12. The minimum Gasteiger partial charge on any atom is -0.463 e. The lowest BCUT2D eigenvalue weighted by atomic mass is 10.2. The van der Waals surface area contributed by atoms with Gasteiger partial charge in [0.25, 0.3) is 0 Å². The summed E-state index contributed by atoms with van der Waals surface area (Å²) in [4.78, 5) is 7.21. The molecule has 4 nitrogen and oxygen atoms in total. The van der Waals surface area contributed by atoms with Gasteiger partial charge in [-0.2, -0.15) is 4.98 Å². The monoisotopic (exact) mass is 267 g/mol. The summed E-state index contributed by atoms with van der Waals surface area (Å²) in [5.41, 5.74) is 5.27. The van der Waals surface area contributed by atoms with Gasteiger partial charge < -0.3 is 10.5 Å². The Balaban J connectivity index is 2.54. The summed E-state index contributed by atoms with van der Waals surface area (Å²) in [6.45, 7) is 5.35. The van der Waals surface area contributed by atoms with Crippen molar-refractivity contribution in [3.63, 3.8) is 0 Å². The van der Waals surface area contributed by atoms with Crippen molar-refractivity contribution < 1.29 is 13.5 Å². The van der Waals surface area contributed by atoms with Crippen LogP contribution in [0.5, 0.6) is 6.01 Å². The van der Waals surface area contributed by atoms with Crippen molar-refractivity contribution in [1.29, 1.82) is 0 Å². The van der Waals surface area contributed by atoms with E-state index >= 15 is 0 Å². The van der Waals surface area contributed by atoms with Crippen LogP contribution in [0.25, 0.3) is 0 Å². The lowest BCUT2D eigenvalue weighted by Gasteiger charge is -2.08. The SMILES string of the molecule is C=C/C=C\C(F)=C/C(C)COc1ncc(F)c(N)n1. The Kier molecular flexibility index (Phi) is 5.66. The van der Waals surface area contributed by atoms with E-state index in [0.29, 0.717) is 0 Å². The molecule has 1 rings (SSSR count). The molecular weight excluding hydrogens is 252 g/mol. The Hall–Kier alpha value is -2.24. The summed E-state index contributed by atoms with van der Waals surface area (Å²) >= 11 is 0. The minimum atomic E-state index is -0.707. The number of nitrogens with zero attached hydrogens (tertiary/aromatic N) is 2. The molecular formula is C13H15F2N3O. The predicted molar refractivity (Wildman–Crippen MR) is 69.6 cm³/mol. The topological polar surface area (TPSA) is 61.0 Å². The zero-order valence-electron chi connectivity index (χ0n) is 10.5. The van der Waals surface area contributed by atoms with E-state index in [1.165, 1.54) is 24.3 Å². The third-order valence-electron chi connectivity index (χ3n) is 2.06. The minimum absolute atomic E-state index is 0.0406. The second-order valence-corrected chi connectivity index (χ2v) is 3.82. The van der Waals surface area contributed by atoms with Crippen LogP contribution in [-0.4, -0.2) is 16.6 Å². The summed E-state index contributed by atoms with van der Waals surface area (Å²) < 4.78 is 31.2. The molecule has 6 heteroatoms. The fourth-order valence-electron chi connectivity index (χ4n) is 1.17. The first-order valence-electron chi connectivity index (χ1n) is 5.60. The fourth-order valence-corrected chi connectivity index (χ4v) is 1.17. The van der Waals surface area contributed by atoms with Gasteiger partial charge in [0.15, 0.2) is 11.6 Å². The third kappa shape index (κ3) is 5.29. The molecule has 102 valence electrons. The van der Waals surface area contributed by atoms with Gasteiger partial charge in [0.05, 0.1) is 12.8 Å². The first-order chi connectivity index (χ1) is 9.02. The van der Waals surface area contributed by atoms with Gasteiger partial charge in [-0.3, -0.25) is 0 Å². The number of hydrogen-bond acceptors (Lipinski definition) is 4. The zero-order chi connectivity index (χ0) is 14.3. The van der Waals surface area contributed by atoms with Gasteiger partial charge >= 0.3 is 6.01 Å². The summed E-state index contributed by atoms with van der Waals surface area (Å²) in [7, 11) is 0. The Morgan fingerprint density at radius 1 is 1.63 bits per heavy atom. The maximum absolute atomic E-state index is 13.3. The van der Waals surface area contributed by atoms with Crippen LogP contribution < -0.4 is 10.5 Å². The molecule has 0 aliphatic rings. The standard InChI is InChI=1S/C13H15F2N3O/c1-3-4-5-10(14)6-9(2)8-19-13-17-7-11(15)12(16)18-13/h3-7,9H,1,8H2,2H3,(H2,16,17,18)/b5-4-,10-6+. The van der Waals surface area contributed by atoms with Gasteiger partial charge in [-0.05, 0) is 12.2 Å². The Bertz CT molecular complexity index is 501. The van der Waals surface area contributed by atoms with E-state index in [1.807, 2.05) is 0 Å². The third-order valence-corrected chi connectivity index (χ3v) is 2.06. The van der Waals surface area contributed by atoms with Crippen molar-refractivity contribution in [2.24, 2.45) is 5.92 Å². The summed E-state index contributed by atoms with van der Waals surface area (Å²) in [6, 6.07) is -0.0406. The van der Waals surface area contributed by atoms with Crippen molar-refractivity contribution in [2.75, 3.05) is 12.3 Å². The van der Waals surface area contributed by atoms with Gasteiger partial charge in [0.1, 0.15) is 5.83 Å². The van der Waals surface area contributed by atoms with Crippen molar-refractivity contribution >= 4 is 5.82 Å². The van der Waals surface area contributed by atoms with Crippen LogP contribution in [0.4, 0.5) is 14.6 Å². The van der Waals surface area contributed by atoms with E-state index in [4.69, 9.17) is 10.5 Å². The molecule has 0 amide bonds. The van der Waals surface area contributed by atoms with E-state index in [2.05, 4.69) is 16.5 Å². The number of rotatable bonds is 6. The highest BCUT2D eigenvalue weighted by molar-refractivity contribution is 5.29. The van der Waals surface area contributed by atoms with Gasteiger partial charge in [0, 0.05) is 5.92 Å². The molecule has 2 N–H and O–H groups in total. The average Bonchev–Trinajstić information content (AvgIpc) is 2.38. The van der Waals surface area contributed by atoms with Gasteiger partial charge in [-0.15, -0.1) is 0 Å². The van der Waals surface area contributed by atoms with Crippen molar-refractivity contribution in [3.8, 4) is 6.01 Å². The summed E-state index contributed by atoms with van der Waals surface area (Å²) in [6.07, 6.45) is 6.56. The first kappa shape index (κ1) is 14.8. The van der Waals surface area contributed by atoms with E-state index in [1.54, 1.807) is 6.92 Å². The Morgan fingerprint density at radius 2 is 2.37 bits per heavy atom. The molecule has 1 aromatic rings. The lowest BCUT2D eigenvalue weighted by Crippen LogP contribution is -2.09. The summed E-state index contributed by atoms with van der Waals surface area (Å²) in [5, 5.41) is 0. The average molecular weight is 267 g/mol. The number of aromatic nitrogens is 2. The smallest absolute Gasteiger partial charge is 0.318 e. The van der Waals surface area contributed by atoms with Crippen molar-refractivity contribution in [2.45, 2.75) is 6.92 Å². The summed E-state index contributed by atoms with van der Waals surface area (Å²) in [5.74, 6) is -1.59. The second kappa shape index (κ2) is 7.25. The van der Waals surface area contributed by atoms with E-state index in [9.17, 15) is 8.78 Å². The van der Waals surface area contributed by atoms with E-state index < -0.39 is 11.6 Å². The van der Waals surface area contributed by atoms with Crippen LogP contribution in [0.15, 0.2) is 42.9 Å². The van der Waals surface area contributed by atoms with Crippen LogP contribution in [-0.2, 0) is 0 Å². The first-order valence-corrected chi connectivity index (χ1v) is 5.60. The van der Waals surface area contributed by atoms with Crippen LogP contribution >= 0.6 is 0 Å². The number of allylic oxidation sites excluding steroid dienone is 4. The van der Waals surface area contributed by atoms with Crippen LogP contribution in [0, 0.1) is 11.7 Å². The molecule has 1 unspecified atom stereocenters.